The van der Waals surface area contributed by atoms with Gasteiger partial charge in [-0.3, -0.25) is 14.7 Å². The van der Waals surface area contributed by atoms with Crippen molar-refractivity contribution >= 4 is 21.9 Å². The van der Waals surface area contributed by atoms with Gasteiger partial charge in [0.1, 0.15) is 11.4 Å². The van der Waals surface area contributed by atoms with Crippen LogP contribution in [0.3, 0.4) is 0 Å². The second-order valence-corrected chi connectivity index (χ2v) is 9.90. The van der Waals surface area contributed by atoms with E-state index in [1.807, 2.05) is 63.4 Å². The molecule has 0 bridgehead atoms. The van der Waals surface area contributed by atoms with Crippen molar-refractivity contribution < 1.29 is 14.3 Å². The second-order valence-electron chi connectivity index (χ2n) is 8.98. The van der Waals surface area contributed by atoms with Crippen molar-refractivity contribution in [2.24, 2.45) is 0 Å². The third-order valence-corrected chi connectivity index (χ3v) is 5.54. The average molecular weight is 511 g/mol. The van der Waals surface area contributed by atoms with Gasteiger partial charge in [0, 0.05) is 36.0 Å². The predicted molar refractivity (Wildman–Crippen MR) is 134 cm³/mol. The minimum Gasteiger partial charge on any atom is -0.497 e. The van der Waals surface area contributed by atoms with Crippen molar-refractivity contribution in [3.8, 4) is 5.75 Å². The van der Waals surface area contributed by atoms with Crippen LogP contribution >= 0.6 is 15.9 Å². The number of pyridine rings is 1. The first-order valence-corrected chi connectivity index (χ1v) is 11.8. The zero-order valence-electron chi connectivity index (χ0n) is 19.6. The van der Waals surface area contributed by atoms with Gasteiger partial charge in [0.25, 0.3) is 0 Å². The molecule has 3 aromatic rings. The van der Waals surface area contributed by atoms with Gasteiger partial charge in [0.2, 0.25) is 0 Å². The van der Waals surface area contributed by atoms with Crippen LogP contribution in [0.5, 0.6) is 5.75 Å². The number of rotatable bonds is 9. The predicted octanol–water partition coefficient (Wildman–Crippen LogP) is 6.33. The molecule has 2 aromatic carbocycles. The molecule has 0 fully saturated rings. The fourth-order valence-electron chi connectivity index (χ4n) is 3.67. The largest absolute Gasteiger partial charge is 0.497 e. The molecule has 0 N–H and O–H groups in total. The van der Waals surface area contributed by atoms with Gasteiger partial charge in [0.15, 0.2) is 0 Å². The number of hydrogen-bond acceptors (Lipinski definition) is 5. The monoisotopic (exact) mass is 510 g/mol. The van der Waals surface area contributed by atoms with E-state index in [0.717, 1.165) is 21.3 Å². The van der Waals surface area contributed by atoms with Crippen molar-refractivity contribution in [3.63, 3.8) is 0 Å². The van der Waals surface area contributed by atoms with Crippen LogP contribution in [0.4, 0.5) is 0 Å². The standard InChI is InChI=1S/C27H31BrN2O3/c1-27(2,3)33-26(31)15-25(22-14-23(28)17-29-16-22)30(18-20-8-6-5-7-9-20)19-21-10-12-24(32-4)13-11-21/h5-14,16-17,25H,15,18-19H2,1-4H3. The Morgan fingerprint density at radius 1 is 1.00 bits per heavy atom. The van der Waals surface area contributed by atoms with E-state index in [2.05, 4.69) is 50.1 Å². The molecule has 3 rings (SSSR count). The quantitative estimate of drug-likeness (QED) is 0.315. The molecule has 0 aliphatic rings. The highest BCUT2D eigenvalue weighted by Crippen LogP contribution is 2.31. The smallest absolute Gasteiger partial charge is 0.308 e. The number of hydrogen-bond donors (Lipinski definition) is 0. The van der Waals surface area contributed by atoms with Crippen LogP contribution in [0.15, 0.2) is 77.5 Å². The molecule has 0 aliphatic heterocycles. The summed E-state index contributed by atoms with van der Waals surface area (Å²) < 4.78 is 11.9. The summed E-state index contributed by atoms with van der Waals surface area (Å²) in [6.07, 6.45) is 3.79. The normalized spacial score (nSPS) is 12.4. The van der Waals surface area contributed by atoms with Crippen LogP contribution in [0, 0.1) is 0 Å². The molecule has 0 saturated heterocycles. The number of benzene rings is 2. The lowest BCUT2D eigenvalue weighted by Gasteiger charge is -2.32. The first-order chi connectivity index (χ1) is 15.7. The summed E-state index contributed by atoms with van der Waals surface area (Å²) in [7, 11) is 1.66. The van der Waals surface area contributed by atoms with Gasteiger partial charge in [-0.15, -0.1) is 0 Å². The van der Waals surface area contributed by atoms with Crippen molar-refractivity contribution in [2.75, 3.05) is 7.11 Å². The van der Waals surface area contributed by atoms with Crippen LogP contribution in [0.25, 0.3) is 0 Å². The van der Waals surface area contributed by atoms with Gasteiger partial charge in [0.05, 0.1) is 13.5 Å². The maximum atomic E-state index is 12.9. The molecule has 0 aliphatic carbocycles. The average Bonchev–Trinajstić information content (AvgIpc) is 2.77. The van der Waals surface area contributed by atoms with Crippen molar-refractivity contribution in [2.45, 2.75) is 51.9 Å². The van der Waals surface area contributed by atoms with Gasteiger partial charge < -0.3 is 9.47 Å². The molecular weight excluding hydrogens is 480 g/mol. The van der Waals surface area contributed by atoms with Gasteiger partial charge in [-0.2, -0.15) is 0 Å². The van der Waals surface area contributed by atoms with Crippen molar-refractivity contribution in [3.05, 3.63) is 94.2 Å². The van der Waals surface area contributed by atoms with E-state index in [0.29, 0.717) is 13.1 Å². The van der Waals surface area contributed by atoms with E-state index in [9.17, 15) is 4.79 Å². The summed E-state index contributed by atoms with van der Waals surface area (Å²) in [5.74, 6) is 0.579. The van der Waals surface area contributed by atoms with Crippen LogP contribution in [-0.4, -0.2) is 28.6 Å². The number of nitrogens with zero attached hydrogens (tertiary/aromatic N) is 2. The molecule has 1 atom stereocenters. The third kappa shape index (κ3) is 7.98. The summed E-state index contributed by atoms with van der Waals surface area (Å²) in [4.78, 5) is 19.6. The number of carbonyl (C=O) groups excluding carboxylic acids is 1. The fourth-order valence-corrected chi connectivity index (χ4v) is 4.05. The number of halogens is 1. The van der Waals surface area contributed by atoms with Crippen molar-refractivity contribution in [1.82, 2.24) is 9.88 Å². The Hall–Kier alpha value is -2.70. The summed E-state index contributed by atoms with van der Waals surface area (Å²) >= 11 is 3.53. The summed E-state index contributed by atoms with van der Waals surface area (Å²) in [6, 6.07) is 20.1. The highest BCUT2D eigenvalue weighted by atomic mass is 79.9. The maximum absolute atomic E-state index is 12.9. The molecule has 0 radical (unpaired) electrons. The third-order valence-electron chi connectivity index (χ3n) is 5.10. The molecule has 1 aromatic heterocycles. The minimum atomic E-state index is -0.544. The van der Waals surface area contributed by atoms with Gasteiger partial charge in [-0.1, -0.05) is 42.5 Å². The second kappa shape index (κ2) is 11.4. The number of aromatic nitrogens is 1. The maximum Gasteiger partial charge on any atom is 0.308 e. The number of ether oxygens (including phenoxy) is 2. The fraction of sp³-hybridized carbons (Fsp3) is 0.333. The minimum absolute atomic E-state index is 0.216. The number of carbonyl (C=O) groups is 1. The van der Waals surface area contributed by atoms with E-state index < -0.39 is 5.60 Å². The first-order valence-electron chi connectivity index (χ1n) is 11.0. The summed E-state index contributed by atoms with van der Waals surface area (Å²) in [6.45, 7) is 6.99. The lowest BCUT2D eigenvalue weighted by Crippen LogP contribution is -2.32. The Balaban J connectivity index is 1.97. The topological polar surface area (TPSA) is 51.7 Å². The molecule has 174 valence electrons. The molecule has 1 unspecified atom stereocenters. The Kier molecular flexibility index (Phi) is 8.64. The molecule has 0 spiro atoms. The lowest BCUT2D eigenvalue weighted by atomic mass is 10.0. The Bertz CT molecular complexity index is 1030. The summed E-state index contributed by atoms with van der Waals surface area (Å²) in [5.41, 5.74) is 2.71. The SMILES string of the molecule is COc1ccc(CN(Cc2ccccc2)C(CC(=O)OC(C)(C)C)c2cncc(Br)c2)cc1. The van der Waals surface area contributed by atoms with Crippen LogP contribution in [0.2, 0.25) is 0 Å². The molecule has 0 saturated carbocycles. The van der Waals surface area contributed by atoms with Crippen molar-refractivity contribution in [1.29, 1.82) is 0 Å². The van der Waals surface area contributed by atoms with Crippen LogP contribution in [-0.2, 0) is 22.6 Å². The highest BCUT2D eigenvalue weighted by Gasteiger charge is 2.27. The van der Waals surface area contributed by atoms with E-state index in [1.54, 1.807) is 13.3 Å². The van der Waals surface area contributed by atoms with E-state index >= 15 is 0 Å². The zero-order chi connectivity index (χ0) is 23.8. The molecule has 33 heavy (non-hydrogen) atoms. The molecule has 5 nitrogen and oxygen atoms in total. The van der Waals surface area contributed by atoms with Crippen LogP contribution in [0.1, 0.15) is 49.9 Å². The van der Waals surface area contributed by atoms with Crippen LogP contribution < -0.4 is 4.74 Å². The van der Waals surface area contributed by atoms with Gasteiger partial charge >= 0.3 is 5.97 Å². The molecule has 0 amide bonds. The highest BCUT2D eigenvalue weighted by molar-refractivity contribution is 9.10. The Labute approximate surface area is 204 Å². The number of methoxy groups -OCH3 is 1. The number of esters is 1. The van der Waals surface area contributed by atoms with Gasteiger partial charge in [-0.05, 0) is 71.6 Å². The Morgan fingerprint density at radius 2 is 1.64 bits per heavy atom. The van der Waals surface area contributed by atoms with Gasteiger partial charge in [-0.25, -0.2) is 0 Å². The molecule has 6 heteroatoms. The first kappa shape index (κ1) is 24.9. The molecule has 1 heterocycles. The molecular formula is C27H31BrN2O3. The van der Waals surface area contributed by atoms with E-state index in [-0.39, 0.29) is 18.4 Å². The summed E-state index contributed by atoms with van der Waals surface area (Å²) in [5, 5.41) is 0. The Morgan fingerprint density at radius 3 is 2.21 bits per heavy atom. The van der Waals surface area contributed by atoms with E-state index in [1.165, 1.54) is 5.56 Å². The zero-order valence-corrected chi connectivity index (χ0v) is 21.2. The lowest BCUT2D eigenvalue weighted by molar-refractivity contribution is -0.156. The van der Waals surface area contributed by atoms with E-state index in [4.69, 9.17) is 9.47 Å².